The van der Waals surface area contributed by atoms with Crippen LogP contribution in [0.3, 0.4) is 0 Å². The van der Waals surface area contributed by atoms with E-state index in [9.17, 15) is 0 Å². The van der Waals surface area contributed by atoms with E-state index < -0.39 is 0 Å². The minimum absolute atomic E-state index is 0.140. The summed E-state index contributed by atoms with van der Waals surface area (Å²) in [6, 6.07) is 0. The van der Waals surface area contributed by atoms with Crippen LogP contribution in [0.25, 0.3) is 0 Å². The molecule has 0 saturated heterocycles. The van der Waals surface area contributed by atoms with E-state index in [1.165, 1.54) is 0 Å². The molecular formula is C14H20NP. The largest absolute Gasteiger partial charge is 0.281 e. The molecule has 0 unspecified atom stereocenters. The zero-order valence-corrected chi connectivity index (χ0v) is 11.0. The van der Waals surface area contributed by atoms with Gasteiger partial charge in [-0.1, -0.05) is 62.5 Å². The fourth-order valence-corrected chi connectivity index (χ4v) is 5.23. The molecule has 2 rings (SSSR count). The van der Waals surface area contributed by atoms with Crippen molar-refractivity contribution in [2.45, 2.75) is 25.2 Å². The molecule has 86 valence electrons. The maximum atomic E-state index is 2.63. The zero-order chi connectivity index (χ0) is 11.4. The Morgan fingerprint density at radius 3 is 1.50 bits per heavy atom. The first-order valence-electron chi connectivity index (χ1n) is 6.10. The van der Waals surface area contributed by atoms with Gasteiger partial charge in [0, 0.05) is 11.3 Å². The van der Waals surface area contributed by atoms with E-state index in [-0.39, 0.29) is 8.07 Å². The van der Waals surface area contributed by atoms with Gasteiger partial charge in [0.2, 0.25) is 0 Å². The Kier molecular flexibility index (Phi) is 4.15. The summed E-state index contributed by atoms with van der Waals surface area (Å²) in [6.07, 6.45) is 18.2. The Morgan fingerprint density at radius 2 is 1.19 bits per heavy atom. The van der Waals surface area contributed by atoms with Gasteiger partial charge in [0.15, 0.2) is 0 Å². The van der Waals surface area contributed by atoms with Crippen LogP contribution in [0.1, 0.15) is 13.8 Å². The molecule has 0 aromatic carbocycles. The lowest BCUT2D eigenvalue weighted by Gasteiger charge is -2.36. The van der Waals surface area contributed by atoms with Crippen molar-refractivity contribution in [3.05, 3.63) is 48.6 Å². The molecule has 0 heterocycles. The zero-order valence-electron chi connectivity index (χ0n) is 10.1. The van der Waals surface area contributed by atoms with Crippen LogP contribution >= 0.6 is 8.07 Å². The monoisotopic (exact) mass is 233 g/mol. The molecule has 0 saturated carbocycles. The lowest BCUT2D eigenvalue weighted by atomic mass is 10.4. The summed E-state index contributed by atoms with van der Waals surface area (Å²) in [5, 5.41) is 0. The third-order valence-electron chi connectivity index (χ3n) is 3.12. The lowest BCUT2D eigenvalue weighted by molar-refractivity contribution is 0.503. The van der Waals surface area contributed by atoms with E-state index in [2.05, 4.69) is 67.1 Å². The molecule has 1 nitrogen and oxygen atoms in total. The minimum atomic E-state index is -0.140. The van der Waals surface area contributed by atoms with Crippen LogP contribution in [0.4, 0.5) is 0 Å². The third kappa shape index (κ3) is 2.36. The van der Waals surface area contributed by atoms with E-state index in [0.717, 1.165) is 13.1 Å². The molecule has 0 fully saturated rings. The molecule has 0 spiro atoms. The Morgan fingerprint density at radius 1 is 0.812 bits per heavy atom. The van der Waals surface area contributed by atoms with Crippen LogP contribution < -0.4 is 0 Å². The quantitative estimate of drug-likeness (QED) is 0.654. The van der Waals surface area contributed by atoms with Gasteiger partial charge in [-0.05, 0) is 21.2 Å². The first-order chi connectivity index (χ1) is 7.86. The predicted molar refractivity (Wildman–Crippen MR) is 74.0 cm³/mol. The van der Waals surface area contributed by atoms with Crippen molar-refractivity contribution < 1.29 is 0 Å². The molecular weight excluding hydrogens is 213 g/mol. The highest BCUT2D eigenvalue weighted by molar-refractivity contribution is 7.57. The van der Waals surface area contributed by atoms with Crippen LogP contribution in [-0.2, 0) is 0 Å². The molecule has 0 aliphatic heterocycles. The minimum Gasteiger partial charge on any atom is -0.281 e. The van der Waals surface area contributed by atoms with Gasteiger partial charge >= 0.3 is 0 Å². The average Bonchev–Trinajstić information content (AvgIpc) is 2.98. The van der Waals surface area contributed by atoms with Gasteiger partial charge in [0.1, 0.15) is 0 Å². The Bertz CT molecular complexity index is 285. The summed E-state index contributed by atoms with van der Waals surface area (Å²) in [7, 11) is -0.140. The summed E-state index contributed by atoms with van der Waals surface area (Å²) in [5.74, 6) is 0. The van der Waals surface area contributed by atoms with Gasteiger partial charge in [-0.3, -0.25) is 4.67 Å². The standard InChI is InChI=1S/C14H20NP/c1-3-15(4-2)16(13-9-5-6-10-13)14-11-7-8-12-14/h5-14H,3-4H2,1-2H3. The lowest BCUT2D eigenvalue weighted by Crippen LogP contribution is -2.25. The normalized spacial score (nSPS) is 20.0. The number of hydrogen-bond acceptors (Lipinski definition) is 1. The first kappa shape index (κ1) is 11.8. The highest BCUT2D eigenvalue weighted by Crippen LogP contribution is 2.53. The molecule has 16 heavy (non-hydrogen) atoms. The predicted octanol–water partition coefficient (Wildman–Crippen LogP) is 3.71. The summed E-state index contributed by atoms with van der Waals surface area (Å²) in [5.41, 5.74) is 1.26. The maximum absolute atomic E-state index is 2.63. The third-order valence-corrected chi connectivity index (χ3v) is 6.25. The van der Waals surface area contributed by atoms with Gasteiger partial charge in [-0.2, -0.15) is 0 Å². The maximum Gasteiger partial charge on any atom is 0.0298 e. The molecule has 0 atom stereocenters. The fourth-order valence-electron chi connectivity index (χ4n) is 2.32. The second kappa shape index (κ2) is 5.61. The number of hydrogen-bond donors (Lipinski definition) is 0. The van der Waals surface area contributed by atoms with Crippen LogP contribution in [0.5, 0.6) is 0 Å². The Hall–Kier alpha value is -0.650. The number of rotatable bonds is 5. The van der Waals surface area contributed by atoms with E-state index in [4.69, 9.17) is 0 Å². The highest BCUT2D eigenvalue weighted by atomic mass is 31.1. The molecule has 0 aromatic heterocycles. The smallest absolute Gasteiger partial charge is 0.0298 e. The molecule has 2 heteroatoms. The molecule has 0 bridgehead atoms. The van der Waals surface area contributed by atoms with Crippen molar-refractivity contribution in [3.63, 3.8) is 0 Å². The molecule has 0 aromatic rings. The Balaban J connectivity index is 2.17. The van der Waals surface area contributed by atoms with Crippen molar-refractivity contribution in [2.24, 2.45) is 0 Å². The average molecular weight is 233 g/mol. The second-order valence-corrected chi connectivity index (χ2v) is 6.56. The second-order valence-electron chi connectivity index (χ2n) is 4.04. The van der Waals surface area contributed by atoms with Crippen molar-refractivity contribution in [1.82, 2.24) is 4.67 Å². The van der Waals surface area contributed by atoms with Crippen molar-refractivity contribution in [1.29, 1.82) is 0 Å². The van der Waals surface area contributed by atoms with E-state index >= 15 is 0 Å². The van der Waals surface area contributed by atoms with Crippen molar-refractivity contribution >= 4 is 8.07 Å². The summed E-state index contributed by atoms with van der Waals surface area (Å²) >= 11 is 0. The van der Waals surface area contributed by atoms with Gasteiger partial charge in [-0.25, -0.2) is 0 Å². The van der Waals surface area contributed by atoms with Gasteiger partial charge in [0.25, 0.3) is 0 Å². The Labute approximate surface area is 100 Å². The highest BCUT2D eigenvalue weighted by Gasteiger charge is 2.29. The van der Waals surface area contributed by atoms with Gasteiger partial charge < -0.3 is 0 Å². The molecule has 0 amide bonds. The van der Waals surface area contributed by atoms with Crippen LogP contribution in [0, 0.1) is 0 Å². The first-order valence-corrected chi connectivity index (χ1v) is 7.53. The molecule has 0 N–H and O–H groups in total. The van der Waals surface area contributed by atoms with E-state index in [1.807, 2.05) is 0 Å². The fraction of sp³-hybridized carbons (Fsp3) is 0.429. The summed E-state index contributed by atoms with van der Waals surface area (Å²) < 4.78 is 2.63. The SMILES string of the molecule is CCN(CC)P(C1C=CC=C1)C1C=CC=C1. The number of allylic oxidation sites excluding steroid dienone is 8. The summed E-state index contributed by atoms with van der Waals surface area (Å²) in [4.78, 5) is 0. The molecule has 2 aliphatic carbocycles. The van der Waals surface area contributed by atoms with Crippen LogP contribution in [0.15, 0.2) is 48.6 Å². The summed E-state index contributed by atoms with van der Waals surface area (Å²) in [6.45, 7) is 6.84. The van der Waals surface area contributed by atoms with E-state index in [0.29, 0.717) is 11.3 Å². The molecule has 0 radical (unpaired) electrons. The van der Waals surface area contributed by atoms with E-state index in [1.54, 1.807) is 0 Å². The van der Waals surface area contributed by atoms with Crippen LogP contribution in [-0.4, -0.2) is 29.1 Å². The van der Waals surface area contributed by atoms with Crippen molar-refractivity contribution in [2.75, 3.05) is 13.1 Å². The molecule has 2 aliphatic rings. The topological polar surface area (TPSA) is 3.24 Å². The van der Waals surface area contributed by atoms with Gasteiger partial charge in [0.05, 0.1) is 0 Å². The van der Waals surface area contributed by atoms with Crippen LogP contribution in [0.2, 0.25) is 0 Å². The number of nitrogens with zero attached hydrogens (tertiary/aromatic N) is 1. The van der Waals surface area contributed by atoms with Gasteiger partial charge in [-0.15, -0.1) is 0 Å². The van der Waals surface area contributed by atoms with Crippen molar-refractivity contribution in [3.8, 4) is 0 Å².